The lowest BCUT2D eigenvalue weighted by molar-refractivity contribution is 0.0125. The number of hydrogen-bond acceptors (Lipinski definition) is 6. The number of aliphatic hydroxyl groups excluding tert-OH is 2. The van der Waals surface area contributed by atoms with Gasteiger partial charge in [-0.3, -0.25) is 0 Å². The quantitative estimate of drug-likeness (QED) is 0.613. The van der Waals surface area contributed by atoms with E-state index in [9.17, 15) is 19.8 Å². The topological polar surface area (TPSA) is 105 Å². The number of nitrogens with one attached hydrogen (secondary N) is 1. The van der Waals surface area contributed by atoms with Crippen molar-refractivity contribution in [3.63, 3.8) is 0 Å². The van der Waals surface area contributed by atoms with E-state index in [1.807, 2.05) is 30.3 Å². The molecule has 0 fully saturated rings. The smallest absolute Gasteiger partial charge is 0.407 e. The van der Waals surface area contributed by atoms with E-state index < -0.39 is 24.3 Å². The van der Waals surface area contributed by atoms with Crippen molar-refractivity contribution in [3.05, 3.63) is 71.3 Å². The molecule has 144 valence electrons. The molecule has 0 aliphatic heterocycles. The Labute approximate surface area is 157 Å². The SMILES string of the molecule is COC(=O)c1ccccc1C(O)C(O)CCNC(=O)OCc1ccccc1. The molecule has 7 nitrogen and oxygen atoms in total. The maximum Gasteiger partial charge on any atom is 0.407 e. The number of ether oxygens (including phenoxy) is 2. The molecule has 3 N–H and O–H groups in total. The summed E-state index contributed by atoms with van der Waals surface area (Å²) in [5.74, 6) is -0.598. The van der Waals surface area contributed by atoms with Crippen molar-refractivity contribution in [2.75, 3.05) is 13.7 Å². The number of hydrogen-bond donors (Lipinski definition) is 3. The van der Waals surface area contributed by atoms with E-state index >= 15 is 0 Å². The van der Waals surface area contributed by atoms with Crippen LogP contribution in [0.4, 0.5) is 4.79 Å². The lowest BCUT2D eigenvalue weighted by Crippen LogP contribution is -2.30. The van der Waals surface area contributed by atoms with Crippen LogP contribution in [0.15, 0.2) is 54.6 Å². The van der Waals surface area contributed by atoms with Crippen LogP contribution < -0.4 is 5.32 Å². The molecule has 2 unspecified atom stereocenters. The zero-order valence-corrected chi connectivity index (χ0v) is 15.0. The van der Waals surface area contributed by atoms with E-state index in [0.717, 1.165) is 5.56 Å². The fourth-order valence-corrected chi connectivity index (χ4v) is 2.51. The number of amides is 1. The molecular weight excluding hydrogens is 350 g/mol. The summed E-state index contributed by atoms with van der Waals surface area (Å²) >= 11 is 0. The third-order valence-corrected chi connectivity index (χ3v) is 3.97. The van der Waals surface area contributed by atoms with Crippen LogP contribution in [-0.4, -0.2) is 42.0 Å². The summed E-state index contributed by atoms with van der Waals surface area (Å²) in [7, 11) is 1.24. The number of carbonyl (C=O) groups excluding carboxylic acids is 2. The molecule has 0 saturated carbocycles. The predicted octanol–water partition coefficient (Wildman–Crippen LogP) is 2.18. The minimum Gasteiger partial charge on any atom is -0.465 e. The van der Waals surface area contributed by atoms with Crippen molar-refractivity contribution < 1.29 is 29.3 Å². The van der Waals surface area contributed by atoms with Gasteiger partial charge in [0.25, 0.3) is 0 Å². The molecule has 0 aliphatic rings. The van der Waals surface area contributed by atoms with Crippen molar-refractivity contribution >= 4 is 12.1 Å². The zero-order chi connectivity index (χ0) is 19.6. The number of aliphatic hydroxyl groups is 2. The molecule has 0 radical (unpaired) electrons. The van der Waals surface area contributed by atoms with Crippen LogP contribution in [-0.2, 0) is 16.1 Å². The van der Waals surface area contributed by atoms with Crippen LogP contribution in [0.2, 0.25) is 0 Å². The van der Waals surface area contributed by atoms with Crippen LogP contribution in [0.3, 0.4) is 0 Å². The maximum atomic E-state index is 11.8. The number of esters is 1. The molecular formula is C20H23NO6. The van der Waals surface area contributed by atoms with Gasteiger partial charge in [-0.2, -0.15) is 0 Å². The Balaban J connectivity index is 1.81. The van der Waals surface area contributed by atoms with Gasteiger partial charge in [0.15, 0.2) is 0 Å². The van der Waals surface area contributed by atoms with Crippen molar-refractivity contribution in [2.24, 2.45) is 0 Å². The fourth-order valence-electron chi connectivity index (χ4n) is 2.51. The van der Waals surface area contributed by atoms with E-state index in [4.69, 9.17) is 4.74 Å². The highest BCUT2D eigenvalue weighted by Gasteiger charge is 2.23. The van der Waals surface area contributed by atoms with Crippen molar-refractivity contribution in [2.45, 2.75) is 25.2 Å². The fraction of sp³-hybridized carbons (Fsp3) is 0.300. The minimum absolute atomic E-state index is 0.0805. The Morgan fingerprint density at radius 3 is 2.41 bits per heavy atom. The molecule has 2 atom stereocenters. The Hall–Kier alpha value is -2.90. The third-order valence-electron chi connectivity index (χ3n) is 3.97. The van der Waals surface area contributed by atoms with Crippen molar-refractivity contribution in [1.29, 1.82) is 0 Å². The number of rotatable bonds is 8. The first kappa shape index (κ1) is 20.4. The lowest BCUT2D eigenvalue weighted by atomic mass is 9.97. The number of benzene rings is 2. The van der Waals surface area contributed by atoms with Gasteiger partial charge in [-0.05, 0) is 23.6 Å². The molecule has 0 bridgehead atoms. The molecule has 0 spiro atoms. The summed E-state index contributed by atoms with van der Waals surface area (Å²) in [6, 6.07) is 15.6. The lowest BCUT2D eigenvalue weighted by Gasteiger charge is -2.20. The molecule has 2 aromatic carbocycles. The van der Waals surface area contributed by atoms with Gasteiger partial charge in [0.05, 0.1) is 18.8 Å². The minimum atomic E-state index is -1.29. The van der Waals surface area contributed by atoms with E-state index in [-0.39, 0.29) is 30.7 Å². The second-order valence-corrected chi connectivity index (χ2v) is 5.87. The van der Waals surface area contributed by atoms with Gasteiger partial charge in [0, 0.05) is 6.54 Å². The highest BCUT2D eigenvalue weighted by Crippen LogP contribution is 2.23. The van der Waals surface area contributed by atoms with Gasteiger partial charge in [-0.1, -0.05) is 48.5 Å². The molecule has 1 amide bonds. The van der Waals surface area contributed by atoms with Gasteiger partial charge in [0.1, 0.15) is 12.7 Å². The average molecular weight is 373 g/mol. The Bertz CT molecular complexity index is 749. The zero-order valence-electron chi connectivity index (χ0n) is 15.0. The summed E-state index contributed by atoms with van der Waals surface area (Å²) in [6.45, 7) is 0.247. The summed E-state index contributed by atoms with van der Waals surface area (Å²) in [5.41, 5.74) is 1.31. The van der Waals surface area contributed by atoms with Crippen LogP contribution >= 0.6 is 0 Å². The summed E-state index contributed by atoms with van der Waals surface area (Å²) in [6.07, 6.45) is -3.00. The highest BCUT2D eigenvalue weighted by atomic mass is 16.5. The predicted molar refractivity (Wildman–Crippen MR) is 98.0 cm³/mol. The van der Waals surface area contributed by atoms with Crippen LogP contribution in [0, 0.1) is 0 Å². The van der Waals surface area contributed by atoms with Crippen LogP contribution in [0.5, 0.6) is 0 Å². The van der Waals surface area contributed by atoms with Gasteiger partial charge in [-0.25, -0.2) is 9.59 Å². The first-order valence-electron chi connectivity index (χ1n) is 8.51. The van der Waals surface area contributed by atoms with Gasteiger partial charge in [-0.15, -0.1) is 0 Å². The Morgan fingerprint density at radius 1 is 1.04 bits per heavy atom. The molecule has 0 saturated heterocycles. The summed E-state index contributed by atoms with van der Waals surface area (Å²) in [4.78, 5) is 23.4. The van der Waals surface area contributed by atoms with Crippen LogP contribution in [0.1, 0.15) is 34.0 Å². The number of carbonyl (C=O) groups is 2. The Kier molecular flexibility index (Phi) is 7.79. The van der Waals surface area contributed by atoms with E-state index in [2.05, 4.69) is 10.1 Å². The highest BCUT2D eigenvalue weighted by molar-refractivity contribution is 5.91. The Morgan fingerprint density at radius 2 is 1.70 bits per heavy atom. The molecule has 0 aromatic heterocycles. The average Bonchev–Trinajstić information content (AvgIpc) is 2.71. The maximum absolute atomic E-state index is 11.8. The van der Waals surface area contributed by atoms with Gasteiger partial charge < -0.3 is 25.0 Å². The molecule has 2 aromatic rings. The van der Waals surface area contributed by atoms with E-state index in [1.165, 1.54) is 13.2 Å². The van der Waals surface area contributed by atoms with Crippen molar-refractivity contribution in [1.82, 2.24) is 5.32 Å². The number of alkyl carbamates (subject to hydrolysis) is 1. The standard InChI is InChI=1S/C20H23NO6/c1-26-19(24)16-10-6-5-9-15(16)18(23)17(22)11-12-21-20(25)27-13-14-7-3-2-4-8-14/h2-10,17-18,22-23H,11-13H2,1H3,(H,21,25). The molecule has 2 rings (SSSR count). The normalized spacial score (nSPS) is 12.7. The van der Waals surface area contributed by atoms with Crippen LogP contribution in [0.25, 0.3) is 0 Å². The first-order chi connectivity index (χ1) is 13.0. The third kappa shape index (κ3) is 6.09. The monoisotopic (exact) mass is 373 g/mol. The van der Waals surface area contributed by atoms with E-state index in [0.29, 0.717) is 0 Å². The van der Waals surface area contributed by atoms with E-state index in [1.54, 1.807) is 18.2 Å². The van der Waals surface area contributed by atoms with Crippen molar-refractivity contribution in [3.8, 4) is 0 Å². The molecule has 7 heteroatoms. The van der Waals surface area contributed by atoms with Gasteiger partial charge >= 0.3 is 12.1 Å². The van der Waals surface area contributed by atoms with Gasteiger partial charge in [0.2, 0.25) is 0 Å². The molecule has 0 aliphatic carbocycles. The summed E-state index contributed by atoms with van der Waals surface area (Å²) < 4.78 is 9.74. The first-order valence-corrected chi connectivity index (χ1v) is 8.51. The summed E-state index contributed by atoms with van der Waals surface area (Å²) in [5, 5.41) is 23.0. The largest absolute Gasteiger partial charge is 0.465 e. The second kappa shape index (κ2) is 10.3. The second-order valence-electron chi connectivity index (χ2n) is 5.87. The molecule has 0 heterocycles. The molecule has 27 heavy (non-hydrogen) atoms. The number of methoxy groups -OCH3 is 1.